The van der Waals surface area contributed by atoms with E-state index in [0.717, 1.165) is 22.7 Å². The summed E-state index contributed by atoms with van der Waals surface area (Å²) < 4.78 is 6.90. The smallest absolute Gasteiger partial charge is 0.119 e. The Morgan fingerprint density at radius 1 is 0.950 bits per heavy atom. The SMILES string of the molecule is COc1ccc(-n2cc(-c3ccc(C)cc3)nn2)cc1. The van der Waals surface area contributed by atoms with Gasteiger partial charge in [0.05, 0.1) is 19.0 Å². The molecule has 0 unspecified atom stereocenters. The molecule has 0 aliphatic heterocycles. The molecule has 2 aromatic carbocycles. The zero-order chi connectivity index (χ0) is 13.9. The first-order valence-corrected chi connectivity index (χ1v) is 6.40. The summed E-state index contributed by atoms with van der Waals surface area (Å²) in [5.74, 6) is 0.827. The van der Waals surface area contributed by atoms with Crippen molar-refractivity contribution in [2.24, 2.45) is 0 Å². The van der Waals surface area contributed by atoms with Crippen molar-refractivity contribution in [3.63, 3.8) is 0 Å². The largest absolute Gasteiger partial charge is 0.497 e. The van der Waals surface area contributed by atoms with Gasteiger partial charge in [-0.25, -0.2) is 4.68 Å². The van der Waals surface area contributed by atoms with Gasteiger partial charge in [-0.3, -0.25) is 0 Å². The van der Waals surface area contributed by atoms with E-state index in [9.17, 15) is 0 Å². The molecular weight excluding hydrogens is 250 g/mol. The molecule has 1 heterocycles. The van der Waals surface area contributed by atoms with Crippen molar-refractivity contribution in [1.29, 1.82) is 0 Å². The summed E-state index contributed by atoms with van der Waals surface area (Å²) in [6.07, 6.45) is 1.92. The van der Waals surface area contributed by atoms with Crippen LogP contribution < -0.4 is 4.74 Å². The van der Waals surface area contributed by atoms with Crippen molar-refractivity contribution in [1.82, 2.24) is 15.0 Å². The van der Waals surface area contributed by atoms with E-state index >= 15 is 0 Å². The number of rotatable bonds is 3. The fourth-order valence-electron chi connectivity index (χ4n) is 1.98. The molecule has 0 saturated carbocycles. The van der Waals surface area contributed by atoms with Crippen molar-refractivity contribution in [3.05, 3.63) is 60.3 Å². The number of hydrogen-bond acceptors (Lipinski definition) is 3. The number of nitrogens with zero attached hydrogens (tertiary/aromatic N) is 3. The second kappa shape index (κ2) is 5.17. The molecule has 0 amide bonds. The molecule has 4 nitrogen and oxygen atoms in total. The maximum Gasteiger partial charge on any atom is 0.119 e. The van der Waals surface area contributed by atoms with Gasteiger partial charge in [0.1, 0.15) is 11.4 Å². The predicted octanol–water partition coefficient (Wildman–Crippen LogP) is 3.25. The quantitative estimate of drug-likeness (QED) is 0.729. The zero-order valence-electron chi connectivity index (χ0n) is 11.4. The average molecular weight is 265 g/mol. The molecule has 0 aliphatic rings. The predicted molar refractivity (Wildman–Crippen MR) is 78.1 cm³/mol. The van der Waals surface area contributed by atoms with Gasteiger partial charge in [-0.15, -0.1) is 5.10 Å². The lowest BCUT2D eigenvalue weighted by atomic mass is 10.1. The van der Waals surface area contributed by atoms with Gasteiger partial charge in [0.15, 0.2) is 0 Å². The fourth-order valence-corrected chi connectivity index (χ4v) is 1.98. The minimum absolute atomic E-state index is 0.827. The van der Waals surface area contributed by atoms with E-state index in [1.807, 2.05) is 30.5 Å². The van der Waals surface area contributed by atoms with Crippen LogP contribution >= 0.6 is 0 Å². The molecule has 0 fully saturated rings. The monoisotopic (exact) mass is 265 g/mol. The number of methoxy groups -OCH3 is 1. The molecule has 0 atom stereocenters. The van der Waals surface area contributed by atoms with Gasteiger partial charge >= 0.3 is 0 Å². The lowest BCUT2D eigenvalue weighted by molar-refractivity contribution is 0.414. The first-order valence-electron chi connectivity index (χ1n) is 6.40. The highest BCUT2D eigenvalue weighted by Gasteiger charge is 2.05. The number of benzene rings is 2. The number of hydrogen-bond donors (Lipinski definition) is 0. The minimum atomic E-state index is 0.827. The standard InChI is InChI=1S/C16H15N3O/c1-12-3-5-13(6-4-12)16-11-19(18-17-16)14-7-9-15(20-2)10-8-14/h3-11H,1-2H3. The van der Waals surface area contributed by atoms with E-state index in [4.69, 9.17) is 4.74 Å². The Hall–Kier alpha value is -2.62. The van der Waals surface area contributed by atoms with Gasteiger partial charge in [-0.2, -0.15) is 0 Å². The molecule has 100 valence electrons. The Morgan fingerprint density at radius 3 is 2.30 bits per heavy atom. The first-order chi connectivity index (χ1) is 9.76. The van der Waals surface area contributed by atoms with Crippen LogP contribution in [0.1, 0.15) is 5.56 Å². The lowest BCUT2D eigenvalue weighted by Crippen LogP contribution is -1.94. The van der Waals surface area contributed by atoms with E-state index in [1.165, 1.54) is 5.56 Å². The van der Waals surface area contributed by atoms with E-state index in [2.05, 4.69) is 41.5 Å². The van der Waals surface area contributed by atoms with Gasteiger partial charge < -0.3 is 4.74 Å². The Kier molecular flexibility index (Phi) is 3.21. The van der Waals surface area contributed by atoms with E-state index in [-0.39, 0.29) is 0 Å². The van der Waals surface area contributed by atoms with Crippen molar-refractivity contribution < 1.29 is 4.74 Å². The van der Waals surface area contributed by atoms with Crippen molar-refractivity contribution >= 4 is 0 Å². The van der Waals surface area contributed by atoms with E-state index in [1.54, 1.807) is 11.8 Å². The zero-order valence-corrected chi connectivity index (χ0v) is 11.4. The molecule has 0 radical (unpaired) electrons. The molecule has 4 heteroatoms. The summed E-state index contributed by atoms with van der Waals surface area (Å²) in [5.41, 5.74) is 4.11. The number of ether oxygens (including phenoxy) is 1. The third kappa shape index (κ3) is 2.40. The van der Waals surface area contributed by atoms with Crippen LogP contribution in [0, 0.1) is 6.92 Å². The topological polar surface area (TPSA) is 39.9 Å². The summed E-state index contributed by atoms with van der Waals surface area (Å²) in [6, 6.07) is 16.0. The van der Waals surface area contributed by atoms with Gasteiger partial charge in [0, 0.05) is 5.56 Å². The second-order valence-electron chi connectivity index (χ2n) is 4.61. The maximum absolute atomic E-state index is 5.15. The van der Waals surface area contributed by atoms with Crippen LogP contribution in [-0.2, 0) is 0 Å². The van der Waals surface area contributed by atoms with Crippen LogP contribution in [0.3, 0.4) is 0 Å². The van der Waals surface area contributed by atoms with E-state index in [0.29, 0.717) is 0 Å². The molecule has 0 aliphatic carbocycles. The van der Waals surface area contributed by atoms with Crippen LogP contribution in [0.25, 0.3) is 16.9 Å². The molecule has 20 heavy (non-hydrogen) atoms. The molecule has 0 spiro atoms. The Balaban J connectivity index is 1.91. The molecule has 0 saturated heterocycles. The summed E-state index contributed by atoms with van der Waals surface area (Å²) in [4.78, 5) is 0. The highest BCUT2D eigenvalue weighted by atomic mass is 16.5. The molecule has 0 N–H and O–H groups in total. The normalized spacial score (nSPS) is 10.5. The number of aryl methyl sites for hydroxylation is 1. The van der Waals surface area contributed by atoms with Gasteiger partial charge in [-0.05, 0) is 31.2 Å². The summed E-state index contributed by atoms with van der Waals surface area (Å²) in [7, 11) is 1.65. The molecule has 3 rings (SSSR count). The summed E-state index contributed by atoms with van der Waals surface area (Å²) in [6.45, 7) is 2.07. The maximum atomic E-state index is 5.15. The molecular formula is C16H15N3O. The van der Waals surface area contributed by atoms with Crippen LogP contribution in [0.2, 0.25) is 0 Å². The van der Waals surface area contributed by atoms with Crippen LogP contribution in [0.4, 0.5) is 0 Å². The molecule has 3 aromatic rings. The highest BCUT2D eigenvalue weighted by Crippen LogP contribution is 2.19. The third-order valence-corrected chi connectivity index (χ3v) is 3.18. The van der Waals surface area contributed by atoms with Crippen LogP contribution in [0.5, 0.6) is 5.75 Å². The second-order valence-corrected chi connectivity index (χ2v) is 4.61. The molecule has 0 bridgehead atoms. The summed E-state index contributed by atoms with van der Waals surface area (Å²) >= 11 is 0. The minimum Gasteiger partial charge on any atom is -0.497 e. The van der Waals surface area contributed by atoms with Crippen LogP contribution in [0.15, 0.2) is 54.7 Å². The lowest BCUT2D eigenvalue weighted by Gasteiger charge is -2.02. The van der Waals surface area contributed by atoms with Gasteiger partial charge in [0.25, 0.3) is 0 Å². The first kappa shape index (κ1) is 12.4. The Morgan fingerprint density at radius 2 is 1.65 bits per heavy atom. The Labute approximate surface area is 117 Å². The third-order valence-electron chi connectivity index (χ3n) is 3.18. The molecule has 1 aromatic heterocycles. The summed E-state index contributed by atoms with van der Waals surface area (Å²) in [5, 5.41) is 8.38. The van der Waals surface area contributed by atoms with E-state index < -0.39 is 0 Å². The van der Waals surface area contributed by atoms with Gasteiger partial charge in [-0.1, -0.05) is 35.0 Å². The van der Waals surface area contributed by atoms with Crippen LogP contribution in [-0.4, -0.2) is 22.1 Å². The Bertz CT molecular complexity index is 699. The fraction of sp³-hybridized carbons (Fsp3) is 0.125. The van der Waals surface area contributed by atoms with Gasteiger partial charge in [0.2, 0.25) is 0 Å². The number of aromatic nitrogens is 3. The van der Waals surface area contributed by atoms with Crippen molar-refractivity contribution in [3.8, 4) is 22.7 Å². The van der Waals surface area contributed by atoms with Crippen molar-refractivity contribution in [2.45, 2.75) is 6.92 Å². The average Bonchev–Trinajstić information content (AvgIpc) is 2.98. The van der Waals surface area contributed by atoms with Crippen molar-refractivity contribution in [2.75, 3.05) is 7.11 Å². The highest BCUT2D eigenvalue weighted by molar-refractivity contribution is 5.58.